The number of rotatable bonds is 5. The average Bonchev–Trinajstić information content (AvgIpc) is 2.76. The number of halogens is 1. The molecular formula is C14H18ClN3OS. The van der Waals surface area contributed by atoms with Gasteiger partial charge in [-0.25, -0.2) is 4.98 Å². The van der Waals surface area contributed by atoms with E-state index in [9.17, 15) is 4.79 Å². The minimum atomic E-state index is -0.190. The number of aromatic amines is 1. The second-order valence-corrected chi connectivity index (χ2v) is 6.87. The maximum atomic E-state index is 11.9. The van der Waals surface area contributed by atoms with Crippen LogP contribution in [0.5, 0.6) is 0 Å². The van der Waals surface area contributed by atoms with Gasteiger partial charge in [-0.1, -0.05) is 37.2 Å². The zero-order chi connectivity index (χ0) is 14.7. The lowest BCUT2D eigenvalue weighted by atomic mass is 10.2. The monoisotopic (exact) mass is 311 g/mol. The third-order valence-electron chi connectivity index (χ3n) is 2.76. The Morgan fingerprint density at radius 2 is 2.20 bits per heavy atom. The standard InChI is InChI=1S/C14H18ClN3OS/c1-8(2)7-16-13(19)9(3)20-14-17-11-5-4-10(15)6-12(11)18-14/h4-6,8-9H,7H2,1-3H3,(H,16,19)(H,17,18). The highest BCUT2D eigenvalue weighted by molar-refractivity contribution is 8.00. The molecule has 0 aliphatic rings. The number of carbonyl (C=O) groups is 1. The van der Waals surface area contributed by atoms with Gasteiger partial charge in [0, 0.05) is 11.6 Å². The van der Waals surface area contributed by atoms with Crippen LogP contribution in [0.4, 0.5) is 0 Å². The van der Waals surface area contributed by atoms with Gasteiger partial charge in [-0.2, -0.15) is 0 Å². The van der Waals surface area contributed by atoms with E-state index in [1.807, 2.05) is 19.1 Å². The van der Waals surface area contributed by atoms with E-state index in [1.54, 1.807) is 6.07 Å². The van der Waals surface area contributed by atoms with Crippen molar-refractivity contribution >= 4 is 40.3 Å². The number of carbonyl (C=O) groups excluding carboxylic acids is 1. The molecule has 1 aromatic carbocycles. The van der Waals surface area contributed by atoms with Gasteiger partial charge in [0.05, 0.1) is 16.3 Å². The topological polar surface area (TPSA) is 57.8 Å². The number of aromatic nitrogens is 2. The third kappa shape index (κ3) is 3.90. The van der Waals surface area contributed by atoms with Gasteiger partial charge in [-0.15, -0.1) is 0 Å². The first-order valence-electron chi connectivity index (χ1n) is 6.55. The van der Waals surface area contributed by atoms with Crippen LogP contribution in [0.1, 0.15) is 20.8 Å². The van der Waals surface area contributed by atoms with Crippen LogP contribution in [0.15, 0.2) is 23.4 Å². The number of imidazole rings is 1. The van der Waals surface area contributed by atoms with Crippen LogP contribution in [0.25, 0.3) is 11.0 Å². The molecule has 2 aromatic rings. The fraction of sp³-hybridized carbons (Fsp3) is 0.429. The van der Waals surface area contributed by atoms with Crippen LogP contribution in [0.2, 0.25) is 5.02 Å². The molecule has 0 bridgehead atoms. The summed E-state index contributed by atoms with van der Waals surface area (Å²) >= 11 is 7.35. The van der Waals surface area contributed by atoms with E-state index in [0.717, 1.165) is 16.2 Å². The first-order chi connectivity index (χ1) is 9.45. The first kappa shape index (κ1) is 15.2. The molecule has 108 valence electrons. The number of nitrogens with one attached hydrogen (secondary N) is 2. The Hall–Kier alpha value is -1.20. The summed E-state index contributed by atoms with van der Waals surface area (Å²) in [5.74, 6) is 0.478. The van der Waals surface area contributed by atoms with Gasteiger partial charge in [-0.05, 0) is 31.0 Å². The molecule has 0 spiro atoms. The lowest BCUT2D eigenvalue weighted by Crippen LogP contribution is -2.33. The van der Waals surface area contributed by atoms with Crippen molar-refractivity contribution in [1.82, 2.24) is 15.3 Å². The van der Waals surface area contributed by atoms with Crippen molar-refractivity contribution in [1.29, 1.82) is 0 Å². The van der Waals surface area contributed by atoms with Crippen molar-refractivity contribution in [2.24, 2.45) is 5.92 Å². The number of hydrogen-bond donors (Lipinski definition) is 2. The Morgan fingerprint density at radius 1 is 1.45 bits per heavy atom. The lowest BCUT2D eigenvalue weighted by molar-refractivity contribution is -0.120. The molecule has 4 nitrogen and oxygen atoms in total. The van der Waals surface area contributed by atoms with Crippen molar-refractivity contribution in [2.45, 2.75) is 31.2 Å². The van der Waals surface area contributed by atoms with Crippen LogP contribution in [0.3, 0.4) is 0 Å². The number of hydrogen-bond acceptors (Lipinski definition) is 3. The second kappa shape index (κ2) is 6.50. The number of amides is 1. The van der Waals surface area contributed by atoms with E-state index in [0.29, 0.717) is 17.5 Å². The highest BCUT2D eigenvalue weighted by Gasteiger charge is 2.16. The molecule has 0 aliphatic carbocycles. The lowest BCUT2D eigenvalue weighted by Gasteiger charge is -2.11. The molecule has 1 heterocycles. The number of H-pyrrole nitrogens is 1. The maximum absolute atomic E-state index is 11.9. The molecule has 6 heteroatoms. The largest absolute Gasteiger partial charge is 0.355 e. The van der Waals surface area contributed by atoms with Gasteiger partial charge in [0.25, 0.3) is 0 Å². The summed E-state index contributed by atoms with van der Waals surface area (Å²) in [6.45, 7) is 6.71. The maximum Gasteiger partial charge on any atom is 0.233 e. The summed E-state index contributed by atoms with van der Waals surface area (Å²) in [6.07, 6.45) is 0. The zero-order valence-corrected chi connectivity index (χ0v) is 13.3. The van der Waals surface area contributed by atoms with Crippen LogP contribution in [-0.4, -0.2) is 27.7 Å². The molecular weight excluding hydrogens is 294 g/mol. The molecule has 1 amide bonds. The Balaban J connectivity index is 2.02. The summed E-state index contributed by atoms with van der Waals surface area (Å²) in [7, 11) is 0. The molecule has 0 saturated heterocycles. The third-order valence-corrected chi connectivity index (χ3v) is 3.98. The smallest absolute Gasteiger partial charge is 0.233 e. The predicted octanol–water partition coefficient (Wildman–Crippen LogP) is 3.47. The molecule has 1 atom stereocenters. The van der Waals surface area contributed by atoms with Crippen molar-refractivity contribution in [2.75, 3.05) is 6.54 Å². The zero-order valence-electron chi connectivity index (χ0n) is 11.7. The van der Waals surface area contributed by atoms with Crippen LogP contribution in [-0.2, 0) is 4.79 Å². The first-order valence-corrected chi connectivity index (χ1v) is 7.81. The van der Waals surface area contributed by atoms with Gasteiger partial charge in [0.1, 0.15) is 0 Å². The molecule has 20 heavy (non-hydrogen) atoms. The van der Waals surface area contributed by atoms with E-state index in [-0.39, 0.29) is 11.2 Å². The van der Waals surface area contributed by atoms with E-state index in [2.05, 4.69) is 29.1 Å². The normalized spacial score (nSPS) is 12.8. The quantitative estimate of drug-likeness (QED) is 0.831. The molecule has 0 radical (unpaired) electrons. The number of thioether (sulfide) groups is 1. The highest BCUT2D eigenvalue weighted by atomic mass is 35.5. The summed E-state index contributed by atoms with van der Waals surface area (Å²) in [4.78, 5) is 19.5. The Morgan fingerprint density at radius 3 is 2.90 bits per heavy atom. The molecule has 2 rings (SSSR count). The van der Waals surface area contributed by atoms with Gasteiger partial charge in [-0.3, -0.25) is 4.79 Å². The summed E-state index contributed by atoms with van der Waals surface area (Å²) < 4.78 is 0. The van der Waals surface area contributed by atoms with Gasteiger partial charge < -0.3 is 10.3 Å². The second-order valence-electron chi connectivity index (χ2n) is 5.10. The Labute approximate surface area is 127 Å². The average molecular weight is 312 g/mol. The minimum absolute atomic E-state index is 0.0298. The SMILES string of the molecule is CC(C)CNC(=O)C(C)Sc1nc2ccc(Cl)cc2[nH]1. The molecule has 0 saturated carbocycles. The molecule has 1 aromatic heterocycles. The molecule has 0 aliphatic heterocycles. The van der Waals surface area contributed by atoms with Gasteiger partial charge >= 0.3 is 0 Å². The molecule has 2 N–H and O–H groups in total. The molecule has 1 unspecified atom stereocenters. The fourth-order valence-electron chi connectivity index (χ4n) is 1.68. The Kier molecular flexibility index (Phi) is 4.94. The number of nitrogens with zero attached hydrogens (tertiary/aromatic N) is 1. The van der Waals surface area contributed by atoms with E-state index in [4.69, 9.17) is 11.6 Å². The van der Waals surface area contributed by atoms with Crippen molar-refractivity contribution in [3.63, 3.8) is 0 Å². The van der Waals surface area contributed by atoms with Gasteiger partial charge in [0.2, 0.25) is 5.91 Å². The number of benzene rings is 1. The molecule has 0 fully saturated rings. The summed E-state index contributed by atoms with van der Waals surface area (Å²) in [5, 5.41) is 4.13. The van der Waals surface area contributed by atoms with Crippen LogP contribution in [0, 0.1) is 5.92 Å². The van der Waals surface area contributed by atoms with E-state index in [1.165, 1.54) is 11.8 Å². The van der Waals surface area contributed by atoms with Gasteiger partial charge in [0.15, 0.2) is 5.16 Å². The summed E-state index contributed by atoms with van der Waals surface area (Å²) in [5.41, 5.74) is 1.74. The summed E-state index contributed by atoms with van der Waals surface area (Å²) in [6, 6.07) is 5.50. The van der Waals surface area contributed by atoms with Crippen LogP contribution >= 0.6 is 23.4 Å². The van der Waals surface area contributed by atoms with Crippen molar-refractivity contribution in [3.8, 4) is 0 Å². The number of fused-ring (bicyclic) bond motifs is 1. The van der Waals surface area contributed by atoms with Crippen molar-refractivity contribution < 1.29 is 4.79 Å². The van der Waals surface area contributed by atoms with E-state index >= 15 is 0 Å². The highest BCUT2D eigenvalue weighted by Crippen LogP contribution is 2.25. The Bertz CT molecular complexity index is 611. The van der Waals surface area contributed by atoms with Crippen LogP contribution < -0.4 is 5.32 Å². The van der Waals surface area contributed by atoms with Crippen molar-refractivity contribution in [3.05, 3.63) is 23.2 Å². The minimum Gasteiger partial charge on any atom is -0.355 e. The predicted molar refractivity (Wildman–Crippen MR) is 84.3 cm³/mol. The fourth-order valence-corrected chi connectivity index (χ4v) is 2.70. The van der Waals surface area contributed by atoms with E-state index < -0.39 is 0 Å².